The van der Waals surface area contributed by atoms with Gasteiger partial charge in [0.2, 0.25) is 10.0 Å². The van der Waals surface area contributed by atoms with Gasteiger partial charge in [-0.15, -0.1) is 0 Å². The molecule has 7 nitrogen and oxygen atoms in total. The second kappa shape index (κ2) is 7.61. The SMILES string of the molecule is NS(=O)(=O)Cc1cccc(Nc2cc(-c3ccccc3CO)ncn2)c1. The third kappa shape index (κ3) is 4.63. The highest BCUT2D eigenvalue weighted by Gasteiger charge is 2.08. The second-order valence-electron chi connectivity index (χ2n) is 5.74. The first kappa shape index (κ1) is 18.0. The molecule has 1 aromatic heterocycles. The van der Waals surface area contributed by atoms with E-state index in [0.717, 1.165) is 11.1 Å². The summed E-state index contributed by atoms with van der Waals surface area (Å²) in [6.45, 7) is -0.0848. The molecule has 8 heteroatoms. The molecule has 26 heavy (non-hydrogen) atoms. The predicted molar refractivity (Wildman–Crippen MR) is 99.9 cm³/mol. The fourth-order valence-electron chi connectivity index (χ4n) is 2.60. The van der Waals surface area contributed by atoms with Crippen molar-refractivity contribution in [3.05, 3.63) is 72.1 Å². The number of anilines is 2. The number of nitrogens with zero attached hydrogens (tertiary/aromatic N) is 2. The highest BCUT2D eigenvalue weighted by atomic mass is 32.2. The van der Waals surface area contributed by atoms with E-state index in [1.807, 2.05) is 24.3 Å². The van der Waals surface area contributed by atoms with Crippen LogP contribution in [0.2, 0.25) is 0 Å². The molecule has 3 rings (SSSR count). The molecule has 0 saturated carbocycles. The Morgan fingerprint density at radius 3 is 2.62 bits per heavy atom. The Kier molecular flexibility index (Phi) is 5.27. The number of hydrogen-bond donors (Lipinski definition) is 3. The van der Waals surface area contributed by atoms with Crippen molar-refractivity contribution in [3.8, 4) is 11.3 Å². The van der Waals surface area contributed by atoms with Crippen LogP contribution in [0.5, 0.6) is 0 Å². The normalized spacial score (nSPS) is 11.3. The number of aliphatic hydroxyl groups is 1. The monoisotopic (exact) mass is 370 g/mol. The number of nitrogens with one attached hydrogen (secondary N) is 1. The zero-order valence-electron chi connectivity index (χ0n) is 13.8. The minimum Gasteiger partial charge on any atom is -0.392 e. The fraction of sp³-hybridized carbons (Fsp3) is 0.111. The number of aliphatic hydroxyl groups excluding tert-OH is 1. The first-order valence-electron chi connectivity index (χ1n) is 7.82. The van der Waals surface area contributed by atoms with E-state index in [-0.39, 0.29) is 12.4 Å². The largest absolute Gasteiger partial charge is 0.392 e. The van der Waals surface area contributed by atoms with Crippen molar-refractivity contribution in [2.45, 2.75) is 12.4 Å². The lowest BCUT2D eigenvalue weighted by Gasteiger charge is -2.10. The summed E-state index contributed by atoms with van der Waals surface area (Å²) >= 11 is 0. The van der Waals surface area contributed by atoms with Crippen LogP contribution in [-0.4, -0.2) is 23.5 Å². The van der Waals surface area contributed by atoms with Crippen molar-refractivity contribution in [2.75, 3.05) is 5.32 Å². The van der Waals surface area contributed by atoms with E-state index < -0.39 is 10.0 Å². The Bertz CT molecular complexity index is 1020. The van der Waals surface area contributed by atoms with Crippen LogP contribution < -0.4 is 10.5 Å². The van der Waals surface area contributed by atoms with Gasteiger partial charge < -0.3 is 10.4 Å². The first-order chi connectivity index (χ1) is 12.4. The summed E-state index contributed by atoms with van der Waals surface area (Å²) in [6, 6.07) is 16.1. The van der Waals surface area contributed by atoms with Gasteiger partial charge in [-0.25, -0.2) is 23.5 Å². The summed E-state index contributed by atoms with van der Waals surface area (Å²) in [5, 5.41) is 17.7. The van der Waals surface area contributed by atoms with E-state index in [1.54, 1.807) is 30.3 Å². The van der Waals surface area contributed by atoms with Crippen molar-refractivity contribution >= 4 is 21.5 Å². The minimum absolute atomic E-state index is 0.0848. The minimum atomic E-state index is -3.59. The van der Waals surface area contributed by atoms with Gasteiger partial charge in [0.25, 0.3) is 0 Å². The molecule has 0 atom stereocenters. The molecule has 3 aromatic rings. The van der Waals surface area contributed by atoms with Gasteiger partial charge in [-0.1, -0.05) is 36.4 Å². The number of aromatic nitrogens is 2. The molecule has 0 spiro atoms. The molecule has 134 valence electrons. The Morgan fingerprint density at radius 2 is 1.85 bits per heavy atom. The van der Waals surface area contributed by atoms with Crippen molar-refractivity contribution in [1.82, 2.24) is 9.97 Å². The molecule has 0 amide bonds. The van der Waals surface area contributed by atoms with Crippen LogP contribution in [0.15, 0.2) is 60.9 Å². The molecule has 0 fully saturated rings. The van der Waals surface area contributed by atoms with Gasteiger partial charge in [0, 0.05) is 17.3 Å². The number of nitrogens with two attached hydrogens (primary N) is 1. The molecule has 0 aliphatic carbocycles. The topological polar surface area (TPSA) is 118 Å². The van der Waals surface area contributed by atoms with Gasteiger partial charge in [0.05, 0.1) is 18.1 Å². The number of rotatable bonds is 6. The molecule has 4 N–H and O–H groups in total. The second-order valence-corrected chi connectivity index (χ2v) is 7.35. The van der Waals surface area contributed by atoms with Gasteiger partial charge in [0.1, 0.15) is 12.1 Å². The Morgan fingerprint density at radius 1 is 1.04 bits per heavy atom. The van der Waals surface area contributed by atoms with E-state index in [1.165, 1.54) is 6.33 Å². The van der Waals surface area contributed by atoms with Gasteiger partial charge in [-0.2, -0.15) is 0 Å². The van der Waals surface area contributed by atoms with Crippen LogP contribution in [0.3, 0.4) is 0 Å². The van der Waals surface area contributed by atoms with Gasteiger partial charge in [0.15, 0.2) is 0 Å². The number of primary sulfonamides is 1. The van der Waals surface area contributed by atoms with Crippen molar-refractivity contribution in [3.63, 3.8) is 0 Å². The van der Waals surface area contributed by atoms with Crippen LogP contribution in [0, 0.1) is 0 Å². The average Bonchev–Trinajstić information content (AvgIpc) is 2.61. The first-order valence-corrected chi connectivity index (χ1v) is 9.54. The van der Waals surface area contributed by atoms with Crippen LogP contribution in [0.1, 0.15) is 11.1 Å². The lowest BCUT2D eigenvalue weighted by molar-refractivity contribution is 0.282. The summed E-state index contributed by atoms with van der Waals surface area (Å²) in [5.74, 6) is 0.317. The molecule has 0 bridgehead atoms. The molecule has 0 radical (unpaired) electrons. The molecular formula is C18H18N4O3S. The number of benzene rings is 2. The fourth-order valence-corrected chi connectivity index (χ4v) is 3.24. The summed E-state index contributed by atoms with van der Waals surface area (Å²) in [4.78, 5) is 8.46. The molecule has 0 aliphatic rings. The van der Waals surface area contributed by atoms with Crippen molar-refractivity contribution in [1.29, 1.82) is 0 Å². The van der Waals surface area contributed by atoms with Crippen molar-refractivity contribution in [2.24, 2.45) is 5.14 Å². The third-order valence-electron chi connectivity index (χ3n) is 3.70. The summed E-state index contributed by atoms with van der Waals surface area (Å²) in [6.07, 6.45) is 1.43. The lowest BCUT2D eigenvalue weighted by Crippen LogP contribution is -2.14. The summed E-state index contributed by atoms with van der Waals surface area (Å²) in [5.41, 5.74) is 3.53. The van der Waals surface area contributed by atoms with Crippen LogP contribution in [-0.2, 0) is 22.4 Å². The van der Waals surface area contributed by atoms with Gasteiger partial charge >= 0.3 is 0 Å². The summed E-state index contributed by atoms with van der Waals surface area (Å²) < 4.78 is 22.5. The molecule has 1 heterocycles. The Labute approximate surface area is 151 Å². The van der Waals surface area contributed by atoms with Gasteiger partial charge in [-0.3, -0.25) is 0 Å². The highest BCUT2D eigenvalue weighted by Crippen LogP contribution is 2.24. The standard InChI is InChI=1S/C18H18N4O3S/c19-26(24,25)11-13-4-3-6-15(8-13)22-18-9-17(20-12-21-18)16-7-2-1-5-14(16)10-23/h1-9,12,23H,10-11H2,(H2,19,24,25)(H,20,21,22). The van der Waals surface area contributed by atoms with E-state index in [0.29, 0.717) is 22.8 Å². The third-order valence-corrected chi connectivity index (χ3v) is 4.43. The Balaban J connectivity index is 1.87. The smallest absolute Gasteiger partial charge is 0.213 e. The zero-order chi connectivity index (χ0) is 18.6. The maximum absolute atomic E-state index is 11.2. The Hall–Kier alpha value is -2.81. The summed E-state index contributed by atoms with van der Waals surface area (Å²) in [7, 11) is -3.59. The predicted octanol–water partition coefficient (Wildman–Crippen LogP) is 2.17. The number of sulfonamides is 1. The molecule has 0 aliphatic heterocycles. The van der Waals surface area contributed by atoms with Gasteiger partial charge in [-0.05, 0) is 23.3 Å². The van der Waals surface area contributed by atoms with Crippen molar-refractivity contribution < 1.29 is 13.5 Å². The lowest BCUT2D eigenvalue weighted by atomic mass is 10.0. The van der Waals surface area contributed by atoms with E-state index in [9.17, 15) is 13.5 Å². The van der Waals surface area contributed by atoms with E-state index in [4.69, 9.17) is 5.14 Å². The molecule has 0 saturated heterocycles. The van der Waals surface area contributed by atoms with Crippen LogP contribution in [0.25, 0.3) is 11.3 Å². The molecule has 0 unspecified atom stereocenters. The molecule has 2 aromatic carbocycles. The number of hydrogen-bond acceptors (Lipinski definition) is 6. The maximum Gasteiger partial charge on any atom is 0.213 e. The van der Waals surface area contributed by atoms with E-state index in [2.05, 4.69) is 15.3 Å². The van der Waals surface area contributed by atoms with E-state index >= 15 is 0 Å². The zero-order valence-corrected chi connectivity index (χ0v) is 14.6. The van der Waals surface area contributed by atoms with Crippen LogP contribution in [0.4, 0.5) is 11.5 Å². The highest BCUT2D eigenvalue weighted by molar-refractivity contribution is 7.88. The quantitative estimate of drug-likeness (QED) is 0.612. The average molecular weight is 370 g/mol. The molecular weight excluding hydrogens is 352 g/mol. The maximum atomic E-state index is 11.2. The van der Waals surface area contributed by atoms with Crippen LogP contribution >= 0.6 is 0 Å².